The maximum Gasteiger partial charge on any atom is 0.271 e. The monoisotopic (exact) mass is 388 g/mol. The number of nitro groups is 1. The third-order valence-electron chi connectivity index (χ3n) is 2.99. The average molecular weight is 390 g/mol. The molecule has 2 aromatic carbocycles. The Balaban J connectivity index is 2.07. The summed E-state index contributed by atoms with van der Waals surface area (Å²) in [6, 6.07) is 8.37. The Bertz CT molecular complexity index is 798. The Morgan fingerprint density at radius 1 is 1.17 bits per heavy atom. The number of carbonyl (C=O) groups is 1. The number of hydrogen-bond donors (Lipinski definition) is 1. The highest BCUT2D eigenvalue weighted by Gasteiger charge is 2.19. The number of rotatable bonds is 5. The van der Waals surface area contributed by atoms with Crippen molar-refractivity contribution in [3.05, 3.63) is 61.6 Å². The molecule has 24 heavy (non-hydrogen) atoms. The number of nitrogens with zero attached hydrogens (tertiary/aromatic N) is 1. The quantitative estimate of drug-likeness (QED) is 0.579. The van der Waals surface area contributed by atoms with Crippen molar-refractivity contribution in [2.24, 2.45) is 0 Å². The van der Waals surface area contributed by atoms with Crippen molar-refractivity contribution in [3.8, 4) is 5.75 Å². The molecule has 0 fully saturated rings. The van der Waals surface area contributed by atoms with Gasteiger partial charge in [0.2, 0.25) is 0 Å². The van der Waals surface area contributed by atoms with Crippen molar-refractivity contribution in [1.82, 2.24) is 0 Å². The van der Waals surface area contributed by atoms with Crippen LogP contribution >= 0.6 is 34.8 Å². The van der Waals surface area contributed by atoms with E-state index in [-0.39, 0.29) is 21.5 Å². The van der Waals surface area contributed by atoms with Crippen LogP contribution in [0.15, 0.2) is 36.4 Å². The fraction of sp³-hybridized carbons (Fsp3) is 0.133. The summed E-state index contributed by atoms with van der Waals surface area (Å²) in [7, 11) is 0. The second-order valence-corrected chi connectivity index (χ2v) is 6.00. The van der Waals surface area contributed by atoms with E-state index in [1.54, 1.807) is 12.1 Å². The van der Waals surface area contributed by atoms with Gasteiger partial charge >= 0.3 is 0 Å². The SMILES string of the molecule is CC(Oc1ccc([N+](=O)[O-])cc1Cl)C(=O)Nc1ccc(Cl)cc1Cl. The summed E-state index contributed by atoms with van der Waals surface area (Å²) >= 11 is 17.7. The molecule has 6 nitrogen and oxygen atoms in total. The minimum Gasteiger partial charge on any atom is -0.479 e. The van der Waals surface area contributed by atoms with E-state index in [4.69, 9.17) is 39.5 Å². The number of nitro benzene ring substituents is 1. The van der Waals surface area contributed by atoms with Gasteiger partial charge in [0.1, 0.15) is 5.75 Å². The van der Waals surface area contributed by atoms with Crippen molar-refractivity contribution in [3.63, 3.8) is 0 Å². The van der Waals surface area contributed by atoms with Crippen LogP contribution in [0.4, 0.5) is 11.4 Å². The molecule has 2 rings (SSSR count). The molecule has 0 saturated heterocycles. The molecule has 0 radical (unpaired) electrons. The van der Waals surface area contributed by atoms with Crippen LogP contribution in [0.25, 0.3) is 0 Å². The van der Waals surface area contributed by atoms with E-state index in [1.807, 2.05) is 0 Å². The normalized spacial score (nSPS) is 11.7. The van der Waals surface area contributed by atoms with Gasteiger partial charge in [0.15, 0.2) is 6.10 Å². The molecule has 0 bridgehead atoms. The van der Waals surface area contributed by atoms with E-state index in [0.29, 0.717) is 10.7 Å². The lowest BCUT2D eigenvalue weighted by atomic mass is 10.2. The highest BCUT2D eigenvalue weighted by molar-refractivity contribution is 6.36. The molecule has 0 heterocycles. The first-order chi connectivity index (χ1) is 11.3. The molecular formula is C15H11Cl3N2O4. The fourth-order valence-electron chi connectivity index (χ4n) is 1.77. The van der Waals surface area contributed by atoms with Gasteiger partial charge in [-0.25, -0.2) is 0 Å². The summed E-state index contributed by atoms with van der Waals surface area (Å²) in [6.45, 7) is 1.51. The third kappa shape index (κ3) is 4.50. The lowest BCUT2D eigenvalue weighted by Gasteiger charge is -2.16. The number of benzene rings is 2. The van der Waals surface area contributed by atoms with Crippen molar-refractivity contribution in [2.45, 2.75) is 13.0 Å². The van der Waals surface area contributed by atoms with Crippen LogP contribution in [0.3, 0.4) is 0 Å². The highest BCUT2D eigenvalue weighted by atomic mass is 35.5. The molecule has 1 N–H and O–H groups in total. The van der Waals surface area contributed by atoms with Gasteiger partial charge in [-0.3, -0.25) is 14.9 Å². The maximum atomic E-state index is 12.2. The molecule has 0 aromatic heterocycles. The summed E-state index contributed by atoms with van der Waals surface area (Å²) in [6.07, 6.45) is -0.907. The van der Waals surface area contributed by atoms with Gasteiger partial charge in [-0.15, -0.1) is 0 Å². The maximum absolute atomic E-state index is 12.2. The fourth-order valence-corrected chi connectivity index (χ4v) is 2.44. The average Bonchev–Trinajstić information content (AvgIpc) is 2.51. The van der Waals surface area contributed by atoms with Crippen LogP contribution in [0.5, 0.6) is 5.75 Å². The van der Waals surface area contributed by atoms with Crippen LogP contribution in [0.2, 0.25) is 15.1 Å². The molecule has 1 amide bonds. The largest absolute Gasteiger partial charge is 0.479 e. The molecule has 0 aliphatic heterocycles. The summed E-state index contributed by atoms with van der Waals surface area (Å²) in [5, 5.41) is 14.0. The van der Waals surface area contributed by atoms with Gasteiger partial charge < -0.3 is 10.1 Å². The summed E-state index contributed by atoms with van der Waals surface area (Å²) < 4.78 is 5.44. The zero-order chi connectivity index (χ0) is 17.9. The Morgan fingerprint density at radius 2 is 1.88 bits per heavy atom. The lowest BCUT2D eigenvalue weighted by Crippen LogP contribution is -2.30. The third-order valence-corrected chi connectivity index (χ3v) is 3.83. The first-order valence-corrected chi connectivity index (χ1v) is 7.78. The summed E-state index contributed by atoms with van der Waals surface area (Å²) in [5.41, 5.74) is 0.216. The van der Waals surface area contributed by atoms with Gasteiger partial charge in [0, 0.05) is 17.2 Å². The van der Waals surface area contributed by atoms with Crippen LogP contribution in [0, 0.1) is 10.1 Å². The number of nitrogens with one attached hydrogen (secondary N) is 1. The van der Waals surface area contributed by atoms with Gasteiger partial charge in [-0.1, -0.05) is 34.8 Å². The van der Waals surface area contributed by atoms with Crippen LogP contribution in [-0.4, -0.2) is 16.9 Å². The van der Waals surface area contributed by atoms with E-state index in [2.05, 4.69) is 5.32 Å². The highest BCUT2D eigenvalue weighted by Crippen LogP contribution is 2.30. The van der Waals surface area contributed by atoms with E-state index in [9.17, 15) is 14.9 Å². The molecule has 0 saturated carbocycles. The predicted octanol–water partition coefficient (Wildman–Crippen LogP) is 4.96. The molecule has 126 valence electrons. The van der Waals surface area contributed by atoms with Crippen molar-refractivity contribution in [2.75, 3.05) is 5.32 Å². The number of amides is 1. The topological polar surface area (TPSA) is 81.5 Å². The number of halogens is 3. The second kappa shape index (κ2) is 7.70. The number of hydrogen-bond acceptors (Lipinski definition) is 4. The second-order valence-electron chi connectivity index (χ2n) is 4.75. The van der Waals surface area contributed by atoms with Crippen LogP contribution in [0.1, 0.15) is 6.92 Å². The molecular weight excluding hydrogens is 379 g/mol. The molecule has 1 atom stereocenters. The molecule has 9 heteroatoms. The zero-order valence-corrected chi connectivity index (χ0v) is 14.5. The van der Waals surface area contributed by atoms with Crippen molar-refractivity contribution in [1.29, 1.82) is 0 Å². The number of carbonyl (C=O) groups excluding carboxylic acids is 1. The van der Waals surface area contributed by atoms with Crippen molar-refractivity contribution >= 4 is 52.1 Å². The minimum absolute atomic E-state index is 0.0355. The molecule has 0 aliphatic carbocycles. The molecule has 0 aliphatic rings. The lowest BCUT2D eigenvalue weighted by molar-refractivity contribution is -0.384. The van der Waals surface area contributed by atoms with E-state index in [1.165, 1.54) is 25.1 Å². The predicted molar refractivity (Wildman–Crippen MR) is 93.3 cm³/mol. The van der Waals surface area contributed by atoms with Crippen molar-refractivity contribution < 1.29 is 14.5 Å². The number of non-ortho nitro benzene ring substituents is 1. The van der Waals surface area contributed by atoms with Gasteiger partial charge in [-0.2, -0.15) is 0 Å². The molecule has 1 unspecified atom stereocenters. The Morgan fingerprint density at radius 3 is 2.46 bits per heavy atom. The first kappa shape index (κ1) is 18.3. The Labute approximate surface area is 152 Å². The van der Waals surface area contributed by atoms with Gasteiger partial charge in [0.05, 0.1) is 20.7 Å². The zero-order valence-electron chi connectivity index (χ0n) is 12.3. The standard InChI is InChI=1S/C15H11Cl3N2O4/c1-8(15(21)19-13-4-2-9(16)6-11(13)17)24-14-5-3-10(20(22)23)7-12(14)18/h2-8H,1H3,(H,19,21). The number of anilines is 1. The summed E-state index contributed by atoms with van der Waals surface area (Å²) in [5.74, 6) is -0.305. The molecule has 0 spiro atoms. The summed E-state index contributed by atoms with van der Waals surface area (Å²) in [4.78, 5) is 22.3. The number of ether oxygens (including phenoxy) is 1. The smallest absolute Gasteiger partial charge is 0.271 e. The van der Waals surface area contributed by atoms with Crippen LogP contribution in [-0.2, 0) is 4.79 Å². The first-order valence-electron chi connectivity index (χ1n) is 6.64. The minimum atomic E-state index is -0.907. The van der Waals surface area contributed by atoms with E-state index < -0.39 is 16.9 Å². The Kier molecular flexibility index (Phi) is 5.88. The Hall–Kier alpha value is -2.02. The van der Waals surface area contributed by atoms with Gasteiger partial charge in [-0.05, 0) is 31.2 Å². The molecule has 2 aromatic rings. The van der Waals surface area contributed by atoms with Crippen LogP contribution < -0.4 is 10.1 Å². The van der Waals surface area contributed by atoms with E-state index in [0.717, 1.165) is 6.07 Å². The van der Waals surface area contributed by atoms with Gasteiger partial charge in [0.25, 0.3) is 11.6 Å². The van der Waals surface area contributed by atoms with E-state index >= 15 is 0 Å².